The van der Waals surface area contributed by atoms with Gasteiger partial charge < -0.3 is 0 Å². The SMILES string of the molecule is CC(C)(C)CC1=CN=CCC1=O. The van der Waals surface area contributed by atoms with Crippen LogP contribution in [-0.2, 0) is 4.79 Å². The zero-order valence-corrected chi connectivity index (χ0v) is 7.92. The fourth-order valence-corrected chi connectivity index (χ4v) is 1.20. The highest BCUT2D eigenvalue weighted by atomic mass is 16.1. The van der Waals surface area contributed by atoms with Gasteiger partial charge in [-0.15, -0.1) is 0 Å². The summed E-state index contributed by atoms with van der Waals surface area (Å²) >= 11 is 0. The van der Waals surface area contributed by atoms with E-state index in [2.05, 4.69) is 25.8 Å². The monoisotopic (exact) mass is 165 g/mol. The number of aliphatic imine (C=N–C) groups is 1. The van der Waals surface area contributed by atoms with Crippen LogP contribution >= 0.6 is 0 Å². The van der Waals surface area contributed by atoms with Gasteiger partial charge in [0.05, 0.1) is 0 Å². The van der Waals surface area contributed by atoms with Crippen LogP contribution in [0.25, 0.3) is 0 Å². The third-order valence-electron chi connectivity index (χ3n) is 1.69. The molecule has 0 fully saturated rings. The zero-order chi connectivity index (χ0) is 9.19. The van der Waals surface area contributed by atoms with Crippen LogP contribution < -0.4 is 0 Å². The molecule has 0 aliphatic carbocycles. The third-order valence-corrected chi connectivity index (χ3v) is 1.69. The molecule has 1 aliphatic rings. The van der Waals surface area contributed by atoms with Gasteiger partial charge in [0.15, 0.2) is 5.78 Å². The molecule has 0 atom stereocenters. The Morgan fingerprint density at radius 2 is 2.17 bits per heavy atom. The van der Waals surface area contributed by atoms with Crippen molar-refractivity contribution in [1.29, 1.82) is 0 Å². The summed E-state index contributed by atoms with van der Waals surface area (Å²) in [6, 6.07) is 0. The van der Waals surface area contributed by atoms with E-state index in [-0.39, 0.29) is 11.2 Å². The minimum atomic E-state index is 0.175. The molecule has 0 N–H and O–H groups in total. The second-order valence-electron chi connectivity index (χ2n) is 4.35. The summed E-state index contributed by atoms with van der Waals surface area (Å²) < 4.78 is 0. The molecule has 0 aromatic heterocycles. The lowest BCUT2D eigenvalue weighted by atomic mass is 9.86. The topological polar surface area (TPSA) is 29.4 Å². The molecule has 0 radical (unpaired) electrons. The predicted octanol–water partition coefficient (Wildman–Crippen LogP) is 2.35. The Hall–Kier alpha value is -0.920. The molecule has 0 saturated carbocycles. The first kappa shape index (κ1) is 9.17. The highest BCUT2D eigenvalue weighted by molar-refractivity contribution is 6.04. The number of ketones is 1. The van der Waals surface area contributed by atoms with Gasteiger partial charge in [-0.3, -0.25) is 9.79 Å². The Morgan fingerprint density at radius 1 is 1.50 bits per heavy atom. The lowest BCUT2D eigenvalue weighted by molar-refractivity contribution is -0.114. The Balaban J connectivity index is 2.68. The van der Waals surface area contributed by atoms with Crippen LogP contribution in [0.15, 0.2) is 16.8 Å². The molecule has 2 heteroatoms. The lowest BCUT2D eigenvalue weighted by Gasteiger charge is -2.19. The number of Topliss-reactive ketones (excluding diaryl/α,β-unsaturated/α-hetero) is 1. The van der Waals surface area contributed by atoms with Crippen molar-refractivity contribution in [2.75, 3.05) is 0 Å². The van der Waals surface area contributed by atoms with Gasteiger partial charge >= 0.3 is 0 Å². The van der Waals surface area contributed by atoms with Crippen molar-refractivity contribution in [1.82, 2.24) is 0 Å². The third kappa shape index (κ3) is 2.61. The Kier molecular flexibility index (Phi) is 2.46. The van der Waals surface area contributed by atoms with E-state index in [4.69, 9.17) is 0 Å². The standard InChI is InChI=1S/C10H15NO/c1-10(2,3)6-8-7-11-5-4-9(8)12/h5,7H,4,6H2,1-3H3. The second kappa shape index (κ2) is 3.21. The molecule has 0 saturated heterocycles. The number of carbonyl (C=O) groups excluding carboxylic acids is 1. The van der Waals surface area contributed by atoms with Gasteiger partial charge in [-0.05, 0) is 11.8 Å². The van der Waals surface area contributed by atoms with Gasteiger partial charge in [0.2, 0.25) is 0 Å². The van der Waals surface area contributed by atoms with E-state index in [1.165, 1.54) is 0 Å². The highest BCUT2D eigenvalue weighted by Crippen LogP contribution is 2.25. The van der Waals surface area contributed by atoms with Crippen molar-refractivity contribution in [3.8, 4) is 0 Å². The van der Waals surface area contributed by atoms with Gasteiger partial charge in [-0.2, -0.15) is 0 Å². The van der Waals surface area contributed by atoms with Crippen LogP contribution in [-0.4, -0.2) is 12.0 Å². The number of hydrogen-bond donors (Lipinski definition) is 0. The second-order valence-corrected chi connectivity index (χ2v) is 4.35. The van der Waals surface area contributed by atoms with E-state index in [0.29, 0.717) is 6.42 Å². The van der Waals surface area contributed by atoms with Crippen molar-refractivity contribution in [2.45, 2.75) is 33.6 Å². The minimum absolute atomic E-state index is 0.175. The Bertz CT molecular complexity index is 243. The molecule has 1 rings (SSSR count). The normalized spacial score (nSPS) is 17.9. The van der Waals surface area contributed by atoms with Crippen molar-refractivity contribution in [3.63, 3.8) is 0 Å². The maximum absolute atomic E-state index is 11.3. The van der Waals surface area contributed by atoms with Crippen molar-refractivity contribution in [2.24, 2.45) is 10.4 Å². The molecule has 1 aliphatic heterocycles. The van der Waals surface area contributed by atoms with Gasteiger partial charge in [0.1, 0.15) is 0 Å². The molecule has 66 valence electrons. The summed E-state index contributed by atoms with van der Waals surface area (Å²) in [4.78, 5) is 15.3. The fourth-order valence-electron chi connectivity index (χ4n) is 1.20. The number of hydrogen-bond acceptors (Lipinski definition) is 2. The largest absolute Gasteiger partial charge is 0.294 e. The van der Waals surface area contributed by atoms with E-state index in [1.54, 1.807) is 12.4 Å². The van der Waals surface area contributed by atoms with E-state index < -0.39 is 0 Å². The quantitative estimate of drug-likeness (QED) is 0.586. The molecular formula is C10H15NO. The van der Waals surface area contributed by atoms with Crippen LogP contribution in [0.1, 0.15) is 33.6 Å². The van der Waals surface area contributed by atoms with Crippen LogP contribution in [0.3, 0.4) is 0 Å². The summed E-state index contributed by atoms with van der Waals surface area (Å²) in [6.07, 6.45) is 4.65. The smallest absolute Gasteiger partial charge is 0.165 e. The van der Waals surface area contributed by atoms with Crippen molar-refractivity contribution < 1.29 is 4.79 Å². The number of allylic oxidation sites excluding steroid dienone is 1. The van der Waals surface area contributed by atoms with E-state index >= 15 is 0 Å². The molecule has 0 amide bonds. The van der Waals surface area contributed by atoms with Crippen LogP contribution in [0.2, 0.25) is 0 Å². The van der Waals surface area contributed by atoms with Crippen LogP contribution in [0, 0.1) is 5.41 Å². The van der Waals surface area contributed by atoms with Gasteiger partial charge in [-0.1, -0.05) is 20.8 Å². The molecule has 1 heterocycles. The molecule has 0 spiro atoms. The average Bonchev–Trinajstić information content (AvgIpc) is 1.91. The van der Waals surface area contributed by atoms with E-state index in [0.717, 1.165) is 12.0 Å². The van der Waals surface area contributed by atoms with Gasteiger partial charge in [-0.25, -0.2) is 0 Å². The van der Waals surface area contributed by atoms with E-state index in [9.17, 15) is 4.79 Å². The fraction of sp³-hybridized carbons (Fsp3) is 0.600. The van der Waals surface area contributed by atoms with E-state index in [1.807, 2.05) is 0 Å². The average molecular weight is 165 g/mol. The first-order chi connectivity index (χ1) is 5.49. The van der Waals surface area contributed by atoms with Crippen molar-refractivity contribution in [3.05, 3.63) is 11.8 Å². The molecule has 0 aromatic rings. The first-order valence-corrected chi connectivity index (χ1v) is 4.23. The highest BCUT2D eigenvalue weighted by Gasteiger charge is 2.18. The number of rotatable bonds is 1. The Labute approximate surface area is 73.4 Å². The number of nitrogens with zero attached hydrogens (tertiary/aromatic N) is 1. The maximum Gasteiger partial charge on any atom is 0.165 e. The lowest BCUT2D eigenvalue weighted by Crippen LogP contribution is -2.14. The molecule has 0 bridgehead atoms. The minimum Gasteiger partial charge on any atom is -0.294 e. The van der Waals surface area contributed by atoms with Crippen LogP contribution in [0.5, 0.6) is 0 Å². The number of carbonyl (C=O) groups is 1. The summed E-state index contributed by atoms with van der Waals surface area (Å²) in [5, 5.41) is 0. The molecule has 2 nitrogen and oxygen atoms in total. The summed E-state index contributed by atoms with van der Waals surface area (Å²) in [5.41, 5.74) is 1.04. The van der Waals surface area contributed by atoms with Gasteiger partial charge in [0, 0.05) is 24.4 Å². The van der Waals surface area contributed by atoms with Gasteiger partial charge in [0.25, 0.3) is 0 Å². The van der Waals surface area contributed by atoms with Crippen molar-refractivity contribution >= 4 is 12.0 Å². The summed E-state index contributed by atoms with van der Waals surface area (Å²) in [5.74, 6) is 0.222. The summed E-state index contributed by atoms with van der Waals surface area (Å²) in [6.45, 7) is 6.37. The molecule has 0 aromatic carbocycles. The predicted molar refractivity (Wildman–Crippen MR) is 50.3 cm³/mol. The molecule has 12 heavy (non-hydrogen) atoms. The summed E-state index contributed by atoms with van der Waals surface area (Å²) in [7, 11) is 0. The maximum atomic E-state index is 11.3. The first-order valence-electron chi connectivity index (χ1n) is 4.23. The molecular weight excluding hydrogens is 150 g/mol. The van der Waals surface area contributed by atoms with Crippen LogP contribution in [0.4, 0.5) is 0 Å². The Morgan fingerprint density at radius 3 is 2.67 bits per heavy atom. The zero-order valence-electron chi connectivity index (χ0n) is 7.92. The molecule has 0 unspecified atom stereocenters.